The van der Waals surface area contributed by atoms with Crippen molar-refractivity contribution in [3.05, 3.63) is 0 Å². The molecule has 0 saturated carbocycles. The van der Waals surface area contributed by atoms with Crippen LogP contribution in [0, 0.1) is 11.8 Å². The van der Waals surface area contributed by atoms with Gasteiger partial charge in [-0.15, -0.1) is 0 Å². The van der Waals surface area contributed by atoms with E-state index in [-0.39, 0.29) is 54.8 Å². The third-order valence-electron chi connectivity index (χ3n) is 0. The van der Waals surface area contributed by atoms with Gasteiger partial charge in [0.1, 0.15) is 0 Å². The van der Waals surface area contributed by atoms with Crippen LogP contribution in [0.25, 0.3) is 0 Å². The van der Waals surface area contributed by atoms with Crippen molar-refractivity contribution >= 4 is 37.7 Å². The Morgan fingerprint density at radius 2 is 1.25 bits per heavy atom. The van der Waals surface area contributed by atoms with Crippen molar-refractivity contribution in [1.82, 2.24) is 0 Å². The van der Waals surface area contributed by atoms with Gasteiger partial charge >= 0.3 is 37.7 Å². The normalized spacial score (nSPS) is 0.500. The molecule has 4 heavy (non-hydrogen) atoms. The van der Waals surface area contributed by atoms with Crippen molar-refractivity contribution in [2.75, 3.05) is 0 Å². The van der Waals surface area contributed by atoms with Crippen LogP contribution in [0.3, 0.4) is 0 Å². The Balaban J connectivity index is -0.00000000500. The molecule has 0 unspecified atom stereocenters. The summed E-state index contributed by atoms with van der Waals surface area (Å²) in [4.78, 5) is 0. The summed E-state index contributed by atoms with van der Waals surface area (Å²) in [6.07, 6.45) is 0. The molecule has 0 aromatic heterocycles. The molecule has 0 heterocycles. The number of nitriles is 1. The molecule has 0 radical (unpaired) electrons. The summed E-state index contributed by atoms with van der Waals surface area (Å²) in [5.41, 5.74) is 0. The van der Waals surface area contributed by atoms with Crippen LogP contribution >= 0.6 is 0 Å². The maximum absolute atomic E-state index is 6.50. The Hall–Kier alpha value is 1.27. The summed E-state index contributed by atoms with van der Waals surface area (Å²) < 4.78 is 0. The van der Waals surface area contributed by atoms with Gasteiger partial charge in [0.25, 0.3) is 0 Å². The standard InChI is InChI=1S/CHN.Ca.Fe.2H/c1-2;;;;/h1H;;;;. The fraction of sp³-hybridized carbons (Fsp3) is 0. The van der Waals surface area contributed by atoms with Crippen molar-refractivity contribution in [3.63, 3.8) is 0 Å². The SMILES string of the molecule is C#N.[CaH2].[Fe]. The van der Waals surface area contributed by atoms with Crippen LogP contribution in [0.15, 0.2) is 0 Å². The molecule has 0 fully saturated rings. The Kier molecular flexibility index (Phi) is 132. The number of rotatable bonds is 0. The van der Waals surface area contributed by atoms with E-state index in [0.29, 0.717) is 0 Å². The summed E-state index contributed by atoms with van der Waals surface area (Å²) >= 11 is 0. The molecule has 3 heteroatoms. The van der Waals surface area contributed by atoms with Crippen molar-refractivity contribution in [1.29, 1.82) is 5.26 Å². The fourth-order valence-corrected chi connectivity index (χ4v) is 0. The minimum absolute atomic E-state index is 0. The minimum Gasteiger partial charge on any atom is 0 e. The van der Waals surface area contributed by atoms with E-state index in [4.69, 9.17) is 5.26 Å². The van der Waals surface area contributed by atoms with E-state index in [0.717, 1.165) is 0 Å². The molecule has 0 N–H and O–H groups in total. The van der Waals surface area contributed by atoms with Gasteiger partial charge in [0.2, 0.25) is 0 Å². The molecule has 0 saturated heterocycles. The molecule has 0 aliphatic carbocycles. The van der Waals surface area contributed by atoms with Crippen LogP contribution in [0.4, 0.5) is 0 Å². The van der Waals surface area contributed by atoms with Crippen molar-refractivity contribution in [3.8, 4) is 6.57 Å². The van der Waals surface area contributed by atoms with Crippen LogP contribution in [-0.4, -0.2) is 37.7 Å². The smallest absolute Gasteiger partial charge is 0 e. The van der Waals surface area contributed by atoms with Gasteiger partial charge in [-0.25, -0.2) is 5.26 Å². The molecular formula is CH3CaFeN. The van der Waals surface area contributed by atoms with E-state index < -0.39 is 0 Å². The number of nitrogens with zero attached hydrogens (tertiary/aromatic N) is 1. The average molecular weight is 125 g/mol. The molecule has 22 valence electrons. The molecule has 0 atom stereocenters. The van der Waals surface area contributed by atoms with E-state index in [1.165, 1.54) is 0 Å². The maximum atomic E-state index is 6.50. The number of hydrogen-bond donors (Lipinski definition) is 0. The van der Waals surface area contributed by atoms with Crippen LogP contribution in [0.1, 0.15) is 0 Å². The van der Waals surface area contributed by atoms with E-state index >= 15 is 0 Å². The first-order chi connectivity index (χ1) is 1.00. The first-order valence-electron chi connectivity index (χ1n) is 0.258. The van der Waals surface area contributed by atoms with Gasteiger partial charge in [-0.2, -0.15) is 0 Å². The van der Waals surface area contributed by atoms with Gasteiger partial charge in [0.15, 0.2) is 0 Å². The molecule has 0 aromatic carbocycles. The monoisotopic (exact) mass is 125 g/mol. The Labute approximate surface area is 65.8 Å². The van der Waals surface area contributed by atoms with E-state index in [9.17, 15) is 0 Å². The molecule has 0 aromatic rings. The first-order valence-corrected chi connectivity index (χ1v) is 0.258. The van der Waals surface area contributed by atoms with Crippen LogP contribution in [0.2, 0.25) is 0 Å². The summed E-state index contributed by atoms with van der Waals surface area (Å²) in [5.74, 6) is 0. The van der Waals surface area contributed by atoms with E-state index in [2.05, 4.69) is 6.57 Å². The van der Waals surface area contributed by atoms with Crippen LogP contribution < -0.4 is 0 Å². The summed E-state index contributed by atoms with van der Waals surface area (Å²) in [6, 6.07) is 0. The predicted octanol–water partition coefficient (Wildman–Crippen LogP) is -0.779. The van der Waals surface area contributed by atoms with Crippen molar-refractivity contribution in [2.24, 2.45) is 0 Å². The van der Waals surface area contributed by atoms with Gasteiger partial charge in [-0.1, -0.05) is 0 Å². The van der Waals surface area contributed by atoms with Crippen LogP contribution in [-0.2, 0) is 17.1 Å². The second-order valence-corrected chi connectivity index (χ2v) is 0. The quantitative estimate of drug-likeness (QED) is 0.389. The second-order valence-electron chi connectivity index (χ2n) is 0. The second kappa shape index (κ2) is 28.3. The van der Waals surface area contributed by atoms with E-state index in [1.807, 2.05) is 0 Å². The zero-order chi connectivity index (χ0) is 2.00. The summed E-state index contributed by atoms with van der Waals surface area (Å²) in [5, 5.41) is 6.50. The van der Waals surface area contributed by atoms with Gasteiger partial charge in [-0.3, -0.25) is 0 Å². The molecule has 1 nitrogen and oxygen atoms in total. The largest absolute Gasteiger partial charge is 0 e. The molecule has 0 rings (SSSR count). The van der Waals surface area contributed by atoms with Gasteiger partial charge in [-0.05, 0) is 0 Å². The fourth-order valence-electron chi connectivity index (χ4n) is 0. The molecule has 0 aliphatic heterocycles. The molecule has 0 aliphatic rings. The van der Waals surface area contributed by atoms with Gasteiger partial charge in [0.05, 0.1) is 0 Å². The molecule has 0 spiro atoms. The van der Waals surface area contributed by atoms with E-state index in [1.54, 1.807) is 0 Å². The van der Waals surface area contributed by atoms with Crippen molar-refractivity contribution in [2.45, 2.75) is 0 Å². The zero-order valence-electron chi connectivity index (χ0n) is 1.38. The molecular weight excluding hydrogens is 122 g/mol. The Bertz CT molecular complexity index is 12.8. The van der Waals surface area contributed by atoms with Crippen LogP contribution in [0.5, 0.6) is 0 Å². The Morgan fingerprint density at radius 3 is 1.25 bits per heavy atom. The topological polar surface area (TPSA) is 23.8 Å². The van der Waals surface area contributed by atoms with Gasteiger partial charge < -0.3 is 0 Å². The Morgan fingerprint density at radius 1 is 1.25 bits per heavy atom. The van der Waals surface area contributed by atoms with Crippen molar-refractivity contribution < 1.29 is 17.1 Å². The number of hydrogen-bond acceptors (Lipinski definition) is 1. The average Bonchev–Trinajstić information content (AvgIpc) is 1.00. The minimum atomic E-state index is 0. The van der Waals surface area contributed by atoms with Gasteiger partial charge in [0, 0.05) is 23.6 Å². The first kappa shape index (κ1) is 18.7. The summed E-state index contributed by atoms with van der Waals surface area (Å²) in [7, 11) is 0. The predicted molar refractivity (Wildman–Crippen MR) is 15.2 cm³/mol. The maximum Gasteiger partial charge on any atom is 0 e. The molecule has 0 bridgehead atoms. The third kappa shape index (κ3) is 10.5. The summed E-state index contributed by atoms with van der Waals surface area (Å²) in [6.45, 7) is 3.50. The zero-order valence-corrected chi connectivity index (χ0v) is 2.48. The third-order valence-corrected chi connectivity index (χ3v) is 0. The molecule has 0 amide bonds.